The van der Waals surface area contributed by atoms with Gasteiger partial charge in [-0.25, -0.2) is 4.98 Å². The minimum absolute atomic E-state index is 0.122. The van der Waals surface area contributed by atoms with E-state index in [1.54, 1.807) is 35.6 Å². The van der Waals surface area contributed by atoms with E-state index < -0.39 is 0 Å². The third-order valence-corrected chi connectivity index (χ3v) is 4.73. The van der Waals surface area contributed by atoms with Gasteiger partial charge < -0.3 is 10.1 Å². The molecule has 0 unspecified atom stereocenters. The van der Waals surface area contributed by atoms with Crippen molar-refractivity contribution >= 4 is 22.9 Å². The number of hydrogen-bond donors (Lipinski definition) is 1. The van der Waals surface area contributed by atoms with Crippen molar-refractivity contribution in [2.24, 2.45) is 0 Å². The zero-order valence-corrected chi connectivity index (χ0v) is 15.1. The molecule has 0 saturated heterocycles. The lowest BCUT2D eigenvalue weighted by Gasteiger charge is -2.10. The van der Waals surface area contributed by atoms with E-state index in [4.69, 9.17) is 4.74 Å². The second-order valence-corrected chi connectivity index (χ2v) is 6.60. The summed E-state index contributed by atoms with van der Waals surface area (Å²) in [6.07, 6.45) is 0.874. The molecule has 0 spiro atoms. The van der Waals surface area contributed by atoms with E-state index in [2.05, 4.69) is 17.2 Å². The molecule has 1 aromatic heterocycles. The molecule has 1 amide bonds. The minimum Gasteiger partial charge on any atom is -0.486 e. The van der Waals surface area contributed by atoms with Gasteiger partial charge >= 0.3 is 0 Å². The maximum atomic E-state index is 12.4. The van der Waals surface area contributed by atoms with Crippen molar-refractivity contribution in [2.45, 2.75) is 26.9 Å². The van der Waals surface area contributed by atoms with Gasteiger partial charge in [0, 0.05) is 22.3 Å². The van der Waals surface area contributed by atoms with Crippen LogP contribution in [0.4, 0.5) is 5.69 Å². The van der Waals surface area contributed by atoms with Gasteiger partial charge in [-0.3, -0.25) is 4.79 Å². The first-order valence-electron chi connectivity index (χ1n) is 8.19. The molecule has 0 aliphatic heterocycles. The third-order valence-electron chi connectivity index (χ3n) is 3.79. The molecule has 25 heavy (non-hydrogen) atoms. The van der Waals surface area contributed by atoms with Crippen LogP contribution in [0.1, 0.15) is 33.5 Å². The molecular weight excluding hydrogens is 332 g/mol. The summed E-state index contributed by atoms with van der Waals surface area (Å²) < 4.78 is 5.71. The molecule has 5 heteroatoms. The van der Waals surface area contributed by atoms with Gasteiger partial charge in [0.15, 0.2) is 0 Å². The second-order valence-electron chi connectivity index (χ2n) is 5.66. The summed E-state index contributed by atoms with van der Waals surface area (Å²) in [5, 5.41) is 5.91. The molecule has 0 bridgehead atoms. The van der Waals surface area contributed by atoms with Crippen LogP contribution in [0.5, 0.6) is 5.75 Å². The molecule has 3 aromatic rings. The van der Waals surface area contributed by atoms with E-state index in [9.17, 15) is 4.79 Å². The van der Waals surface area contributed by atoms with Crippen LogP contribution in [-0.4, -0.2) is 10.9 Å². The Kier molecular flexibility index (Phi) is 5.46. The number of amides is 1. The summed E-state index contributed by atoms with van der Waals surface area (Å²) in [5.41, 5.74) is 3.58. The number of aryl methyl sites for hydroxylation is 2. The minimum atomic E-state index is -0.122. The van der Waals surface area contributed by atoms with Gasteiger partial charge in [-0.1, -0.05) is 25.1 Å². The van der Waals surface area contributed by atoms with E-state index >= 15 is 0 Å². The number of thiazole rings is 1. The fraction of sp³-hybridized carbons (Fsp3) is 0.200. The zero-order chi connectivity index (χ0) is 17.6. The Morgan fingerprint density at radius 2 is 1.92 bits per heavy atom. The first-order valence-corrected chi connectivity index (χ1v) is 9.07. The number of anilines is 1. The number of carbonyl (C=O) groups is 1. The lowest BCUT2D eigenvalue weighted by Crippen LogP contribution is -2.13. The summed E-state index contributed by atoms with van der Waals surface area (Å²) in [5.74, 6) is 0.598. The molecular formula is C20H20N2O2S. The summed E-state index contributed by atoms with van der Waals surface area (Å²) in [6.45, 7) is 4.47. The highest BCUT2D eigenvalue weighted by molar-refractivity contribution is 7.09. The summed E-state index contributed by atoms with van der Waals surface area (Å²) in [7, 11) is 0. The predicted molar refractivity (Wildman–Crippen MR) is 101 cm³/mol. The van der Waals surface area contributed by atoms with Crippen LogP contribution >= 0.6 is 11.3 Å². The number of nitrogens with one attached hydrogen (secondary N) is 1. The van der Waals surface area contributed by atoms with Crippen molar-refractivity contribution in [2.75, 3.05) is 5.32 Å². The number of hydrogen-bond acceptors (Lipinski definition) is 4. The number of nitrogens with zero attached hydrogens (tertiary/aromatic N) is 1. The Balaban J connectivity index is 1.62. The van der Waals surface area contributed by atoms with Crippen LogP contribution in [0.15, 0.2) is 53.9 Å². The largest absolute Gasteiger partial charge is 0.486 e. The molecule has 128 valence electrons. The summed E-state index contributed by atoms with van der Waals surface area (Å²) in [6, 6.07) is 15.0. The Labute approximate surface area is 151 Å². The SMILES string of the molecule is CCc1ccccc1NC(=O)c1ccc(OCc2nc(C)cs2)cc1. The Hall–Kier alpha value is -2.66. The maximum Gasteiger partial charge on any atom is 0.255 e. The van der Waals surface area contributed by atoms with Gasteiger partial charge in [-0.05, 0) is 49.2 Å². The van der Waals surface area contributed by atoms with Crippen LogP contribution < -0.4 is 10.1 Å². The van der Waals surface area contributed by atoms with Crippen LogP contribution in [-0.2, 0) is 13.0 Å². The average Bonchev–Trinajstić information content (AvgIpc) is 3.06. The van der Waals surface area contributed by atoms with E-state index in [-0.39, 0.29) is 5.91 Å². The van der Waals surface area contributed by atoms with Gasteiger partial charge in [-0.15, -0.1) is 11.3 Å². The highest BCUT2D eigenvalue weighted by Gasteiger charge is 2.09. The maximum absolute atomic E-state index is 12.4. The van der Waals surface area contributed by atoms with Gasteiger partial charge in [0.05, 0.1) is 0 Å². The first-order chi connectivity index (χ1) is 12.2. The van der Waals surface area contributed by atoms with E-state index in [1.807, 2.05) is 36.6 Å². The molecule has 4 nitrogen and oxygen atoms in total. The van der Waals surface area contributed by atoms with Crippen LogP contribution in [0.3, 0.4) is 0 Å². The summed E-state index contributed by atoms with van der Waals surface area (Å²) >= 11 is 1.58. The number of para-hydroxylation sites is 1. The topological polar surface area (TPSA) is 51.2 Å². The lowest BCUT2D eigenvalue weighted by molar-refractivity contribution is 0.102. The quantitative estimate of drug-likeness (QED) is 0.690. The highest BCUT2D eigenvalue weighted by atomic mass is 32.1. The van der Waals surface area contributed by atoms with E-state index in [0.717, 1.165) is 34.1 Å². The lowest BCUT2D eigenvalue weighted by atomic mass is 10.1. The van der Waals surface area contributed by atoms with Gasteiger partial charge in [0.2, 0.25) is 0 Å². The summed E-state index contributed by atoms with van der Waals surface area (Å²) in [4.78, 5) is 16.8. The van der Waals surface area contributed by atoms with Gasteiger partial charge in [0.25, 0.3) is 5.91 Å². The van der Waals surface area contributed by atoms with E-state index in [1.165, 1.54) is 0 Å². The van der Waals surface area contributed by atoms with Crippen molar-refractivity contribution in [3.63, 3.8) is 0 Å². The molecule has 1 heterocycles. The zero-order valence-electron chi connectivity index (χ0n) is 14.3. The fourth-order valence-corrected chi connectivity index (χ4v) is 3.14. The molecule has 3 rings (SSSR count). The van der Waals surface area contributed by atoms with Crippen LogP contribution in [0.25, 0.3) is 0 Å². The number of aromatic nitrogens is 1. The van der Waals surface area contributed by atoms with Crippen molar-refractivity contribution in [1.82, 2.24) is 4.98 Å². The Bertz CT molecular complexity index is 856. The molecule has 2 aromatic carbocycles. The molecule has 0 radical (unpaired) electrons. The molecule has 0 saturated carbocycles. The number of rotatable bonds is 6. The predicted octanol–water partition coefficient (Wildman–Crippen LogP) is 4.85. The third kappa shape index (κ3) is 4.45. The standard InChI is InChI=1S/C20H20N2O2S/c1-3-15-6-4-5-7-18(15)22-20(23)16-8-10-17(11-9-16)24-12-19-21-14(2)13-25-19/h4-11,13H,3,12H2,1-2H3,(H,22,23). The number of benzene rings is 2. The van der Waals surface area contributed by atoms with Crippen LogP contribution in [0.2, 0.25) is 0 Å². The second kappa shape index (κ2) is 7.94. The monoisotopic (exact) mass is 352 g/mol. The number of carbonyl (C=O) groups excluding carboxylic acids is 1. The molecule has 1 N–H and O–H groups in total. The van der Waals surface area contributed by atoms with Gasteiger partial charge in [0.1, 0.15) is 17.4 Å². The van der Waals surface area contributed by atoms with Crippen molar-refractivity contribution in [1.29, 1.82) is 0 Å². The Morgan fingerprint density at radius 1 is 1.16 bits per heavy atom. The van der Waals surface area contributed by atoms with Gasteiger partial charge in [-0.2, -0.15) is 0 Å². The Morgan fingerprint density at radius 3 is 2.60 bits per heavy atom. The van der Waals surface area contributed by atoms with Crippen molar-refractivity contribution in [3.05, 3.63) is 75.7 Å². The normalized spacial score (nSPS) is 10.5. The smallest absolute Gasteiger partial charge is 0.255 e. The average molecular weight is 352 g/mol. The first kappa shape index (κ1) is 17.2. The molecule has 0 aliphatic rings. The molecule has 0 fully saturated rings. The fourth-order valence-electron chi connectivity index (χ4n) is 2.46. The van der Waals surface area contributed by atoms with E-state index in [0.29, 0.717) is 12.2 Å². The van der Waals surface area contributed by atoms with Crippen molar-refractivity contribution < 1.29 is 9.53 Å². The highest BCUT2D eigenvalue weighted by Crippen LogP contribution is 2.19. The molecule has 0 atom stereocenters. The number of ether oxygens (including phenoxy) is 1. The van der Waals surface area contributed by atoms with Crippen LogP contribution in [0, 0.1) is 6.92 Å². The molecule has 0 aliphatic carbocycles. The van der Waals surface area contributed by atoms with Crippen molar-refractivity contribution in [3.8, 4) is 5.75 Å².